The SMILES string of the molecule is CN(C(=O)c1cccc(CNc2ncccc2C#N)c1)c1nccs1. The van der Waals surface area contributed by atoms with Gasteiger partial charge in [-0.15, -0.1) is 11.3 Å². The predicted octanol–water partition coefficient (Wildman–Crippen LogP) is 3.30. The number of carbonyl (C=O) groups excluding carboxylic acids is 1. The van der Waals surface area contributed by atoms with Crippen LogP contribution in [0.2, 0.25) is 0 Å². The summed E-state index contributed by atoms with van der Waals surface area (Å²) in [6.07, 6.45) is 3.30. The van der Waals surface area contributed by atoms with Gasteiger partial charge in [0.1, 0.15) is 11.9 Å². The number of nitrogens with one attached hydrogen (secondary N) is 1. The van der Waals surface area contributed by atoms with E-state index in [2.05, 4.69) is 21.4 Å². The molecule has 0 radical (unpaired) electrons. The molecule has 0 aliphatic rings. The molecule has 6 nitrogen and oxygen atoms in total. The van der Waals surface area contributed by atoms with Crippen LogP contribution in [0.15, 0.2) is 54.2 Å². The molecule has 0 aliphatic carbocycles. The maximum atomic E-state index is 12.6. The number of carbonyl (C=O) groups is 1. The maximum absolute atomic E-state index is 12.6. The molecule has 2 heterocycles. The third kappa shape index (κ3) is 3.82. The van der Waals surface area contributed by atoms with Crippen molar-refractivity contribution in [1.82, 2.24) is 9.97 Å². The van der Waals surface area contributed by atoms with Gasteiger partial charge in [-0.25, -0.2) is 9.97 Å². The zero-order chi connectivity index (χ0) is 17.6. The second kappa shape index (κ2) is 7.55. The molecule has 1 aromatic carbocycles. The van der Waals surface area contributed by atoms with E-state index in [1.165, 1.54) is 16.2 Å². The van der Waals surface area contributed by atoms with Crippen LogP contribution in [0.3, 0.4) is 0 Å². The van der Waals surface area contributed by atoms with Crippen molar-refractivity contribution in [2.75, 3.05) is 17.3 Å². The van der Waals surface area contributed by atoms with Crippen molar-refractivity contribution >= 4 is 28.2 Å². The van der Waals surface area contributed by atoms with Crippen LogP contribution in [-0.2, 0) is 6.54 Å². The summed E-state index contributed by atoms with van der Waals surface area (Å²) in [7, 11) is 1.71. The molecular formula is C18H15N5OS. The van der Waals surface area contributed by atoms with Crippen molar-refractivity contribution in [2.45, 2.75) is 6.54 Å². The number of pyridine rings is 1. The fourth-order valence-corrected chi connectivity index (χ4v) is 2.90. The Kier molecular flexibility index (Phi) is 5.02. The molecule has 0 aliphatic heterocycles. The summed E-state index contributed by atoms with van der Waals surface area (Å²) >= 11 is 1.41. The Morgan fingerprint density at radius 2 is 2.16 bits per heavy atom. The largest absolute Gasteiger partial charge is 0.365 e. The number of aromatic nitrogens is 2. The lowest BCUT2D eigenvalue weighted by Crippen LogP contribution is -2.26. The van der Waals surface area contributed by atoms with Crippen molar-refractivity contribution in [3.63, 3.8) is 0 Å². The molecule has 0 saturated heterocycles. The molecule has 3 rings (SSSR count). The molecular weight excluding hydrogens is 334 g/mol. The molecule has 124 valence electrons. The number of hydrogen-bond acceptors (Lipinski definition) is 6. The van der Waals surface area contributed by atoms with E-state index in [1.807, 2.05) is 23.6 Å². The highest BCUT2D eigenvalue weighted by Gasteiger charge is 2.15. The maximum Gasteiger partial charge on any atom is 0.259 e. The van der Waals surface area contributed by atoms with Gasteiger partial charge in [-0.3, -0.25) is 9.69 Å². The second-order valence-corrected chi connectivity index (χ2v) is 6.12. The lowest BCUT2D eigenvalue weighted by molar-refractivity contribution is 0.0993. The highest BCUT2D eigenvalue weighted by molar-refractivity contribution is 7.13. The average Bonchev–Trinajstić information content (AvgIpc) is 3.20. The van der Waals surface area contributed by atoms with E-state index in [1.54, 1.807) is 37.6 Å². The van der Waals surface area contributed by atoms with E-state index in [9.17, 15) is 4.79 Å². The topological polar surface area (TPSA) is 81.9 Å². The number of nitrogens with zero attached hydrogens (tertiary/aromatic N) is 4. The van der Waals surface area contributed by atoms with E-state index < -0.39 is 0 Å². The predicted molar refractivity (Wildman–Crippen MR) is 97.6 cm³/mol. The number of benzene rings is 1. The number of rotatable bonds is 5. The normalized spacial score (nSPS) is 10.1. The van der Waals surface area contributed by atoms with Crippen LogP contribution in [-0.4, -0.2) is 22.9 Å². The Bertz CT molecular complexity index is 917. The van der Waals surface area contributed by atoms with Gasteiger partial charge in [-0.2, -0.15) is 5.26 Å². The number of anilines is 2. The number of nitriles is 1. The van der Waals surface area contributed by atoms with Crippen LogP contribution in [0.5, 0.6) is 0 Å². The van der Waals surface area contributed by atoms with Gasteiger partial charge in [0.15, 0.2) is 5.13 Å². The van der Waals surface area contributed by atoms with E-state index in [0.717, 1.165) is 5.56 Å². The molecule has 1 amide bonds. The van der Waals surface area contributed by atoms with Gasteiger partial charge in [0, 0.05) is 36.9 Å². The van der Waals surface area contributed by atoms with Gasteiger partial charge in [-0.1, -0.05) is 12.1 Å². The lowest BCUT2D eigenvalue weighted by Gasteiger charge is -2.14. The van der Waals surface area contributed by atoms with Gasteiger partial charge < -0.3 is 5.32 Å². The molecule has 0 saturated carbocycles. The summed E-state index contributed by atoms with van der Waals surface area (Å²) in [6, 6.07) is 12.9. The molecule has 0 fully saturated rings. The molecule has 1 N–H and O–H groups in total. The monoisotopic (exact) mass is 349 g/mol. The molecule has 3 aromatic rings. The highest BCUT2D eigenvalue weighted by atomic mass is 32.1. The first-order valence-electron chi connectivity index (χ1n) is 7.54. The summed E-state index contributed by atoms with van der Waals surface area (Å²) in [6.45, 7) is 0.466. The van der Waals surface area contributed by atoms with E-state index in [0.29, 0.717) is 28.6 Å². The van der Waals surface area contributed by atoms with Gasteiger partial charge >= 0.3 is 0 Å². The fraction of sp³-hybridized carbons (Fsp3) is 0.111. The zero-order valence-corrected chi connectivity index (χ0v) is 14.3. The number of hydrogen-bond donors (Lipinski definition) is 1. The Labute approximate surface area is 149 Å². The zero-order valence-electron chi connectivity index (χ0n) is 13.5. The smallest absolute Gasteiger partial charge is 0.259 e. The minimum absolute atomic E-state index is 0.118. The minimum Gasteiger partial charge on any atom is -0.365 e. The first-order valence-corrected chi connectivity index (χ1v) is 8.42. The van der Waals surface area contributed by atoms with Gasteiger partial charge in [0.2, 0.25) is 0 Å². The molecule has 7 heteroatoms. The summed E-state index contributed by atoms with van der Waals surface area (Å²) in [5, 5.41) is 14.7. The molecule has 0 spiro atoms. The quantitative estimate of drug-likeness (QED) is 0.764. The lowest BCUT2D eigenvalue weighted by atomic mass is 10.1. The Morgan fingerprint density at radius 1 is 1.28 bits per heavy atom. The second-order valence-electron chi connectivity index (χ2n) is 5.24. The first-order chi connectivity index (χ1) is 12.2. The fourth-order valence-electron chi connectivity index (χ4n) is 2.30. The Balaban J connectivity index is 1.73. The Hall–Kier alpha value is -3.24. The van der Waals surface area contributed by atoms with Crippen molar-refractivity contribution in [1.29, 1.82) is 5.26 Å². The van der Waals surface area contributed by atoms with E-state index in [4.69, 9.17) is 5.26 Å². The van der Waals surface area contributed by atoms with Crippen LogP contribution < -0.4 is 10.2 Å². The first kappa shape index (κ1) is 16.6. The van der Waals surface area contributed by atoms with E-state index in [-0.39, 0.29) is 5.91 Å². The highest BCUT2D eigenvalue weighted by Crippen LogP contribution is 2.19. The van der Waals surface area contributed by atoms with Crippen molar-refractivity contribution < 1.29 is 4.79 Å². The van der Waals surface area contributed by atoms with Crippen LogP contribution in [0.1, 0.15) is 21.5 Å². The third-order valence-electron chi connectivity index (χ3n) is 3.57. The molecule has 0 unspecified atom stereocenters. The number of thiazole rings is 1. The van der Waals surface area contributed by atoms with Crippen LogP contribution >= 0.6 is 11.3 Å². The van der Waals surface area contributed by atoms with Crippen LogP contribution in [0, 0.1) is 11.3 Å². The average molecular weight is 349 g/mol. The van der Waals surface area contributed by atoms with Gasteiger partial charge in [-0.05, 0) is 29.8 Å². The molecule has 0 bridgehead atoms. The third-order valence-corrected chi connectivity index (χ3v) is 4.42. The van der Waals surface area contributed by atoms with E-state index >= 15 is 0 Å². The standard InChI is InChI=1S/C18H15N5OS/c1-23(18-21-8-9-25-18)17(24)14-5-2-4-13(10-14)12-22-16-15(11-19)6-3-7-20-16/h2-10H,12H2,1H3,(H,20,22). The molecule has 0 atom stereocenters. The van der Waals surface area contributed by atoms with Crippen molar-refractivity contribution in [3.8, 4) is 6.07 Å². The van der Waals surface area contributed by atoms with Gasteiger partial charge in [0.05, 0.1) is 5.56 Å². The number of amides is 1. The molecule has 25 heavy (non-hydrogen) atoms. The van der Waals surface area contributed by atoms with Crippen molar-refractivity contribution in [3.05, 3.63) is 70.9 Å². The van der Waals surface area contributed by atoms with Crippen LogP contribution in [0.25, 0.3) is 0 Å². The van der Waals surface area contributed by atoms with Gasteiger partial charge in [0.25, 0.3) is 5.91 Å². The molecule has 2 aromatic heterocycles. The summed E-state index contributed by atoms with van der Waals surface area (Å²) in [4.78, 5) is 22.4. The summed E-state index contributed by atoms with van der Waals surface area (Å²) in [5.74, 6) is 0.411. The summed E-state index contributed by atoms with van der Waals surface area (Å²) in [5.41, 5.74) is 1.99. The van der Waals surface area contributed by atoms with Crippen molar-refractivity contribution in [2.24, 2.45) is 0 Å². The minimum atomic E-state index is -0.118. The summed E-state index contributed by atoms with van der Waals surface area (Å²) < 4.78 is 0. The Morgan fingerprint density at radius 3 is 2.92 bits per heavy atom. The van der Waals surface area contributed by atoms with Crippen LogP contribution in [0.4, 0.5) is 10.9 Å².